The zero-order valence-electron chi connectivity index (χ0n) is 17.0. The summed E-state index contributed by atoms with van der Waals surface area (Å²) in [6.07, 6.45) is 3.31. The van der Waals surface area contributed by atoms with Crippen molar-refractivity contribution in [3.8, 4) is 5.69 Å². The van der Waals surface area contributed by atoms with E-state index in [9.17, 15) is 4.79 Å². The molecule has 7 nitrogen and oxygen atoms in total. The van der Waals surface area contributed by atoms with Gasteiger partial charge in [0, 0.05) is 31.9 Å². The quantitative estimate of drug-likeness (QED) is 0.358. The molecule has 3 heterocycles. The Kier molecular flexibility index (Phi) is 5.54. The van der Waals surface area contributed by atoms with Gasteiger partial charge in [0.25, 0.3) is 0 Å². The number of fused-ring (bicyclic) bond motifs is 1. The summed E-state index contributed by atoms with van der Waals surface area (Å²) in [4.78, 5) is 25.9. The van der Waals surface area contributed by atoms with Crippen LogP contribution in [0.4, 0.5) is 5.69 Å². The fourth-order valence-electron chi connectivity index (χ4n) is 3.77. The molecule has 4 aromatic rings. The van der Waals surface area contributed by atoms with Gasteiger partial charge in [0.15, 0.2) is 5.65 Å². The summed E-state index contributed by atoms with van der Waals surface area (Å²) in [5.74, 6) is 0.494. The summed E-state index contributed by atoms with van der Waals surface area (Å²) in [5, 5.41) is 6.12. The van der Waals surface area contributed by atoms with Crippen LogP contribution in [0.5, 0.6) is 0 Å². The highest BCUT2D eigenvalue weighted by atomic mass is 32.2. The van der Waals surface area contributed by atoms with Crippen molar-refractivity contribution in [3.63, 3.8) is 0 Å². The second-order valence-electron chi connectivity index (χ2n) is 7.30. The number of benzene rings is 2. The molecule has 0 atom stereocenters. The maximum Gasteiger partial charge on any atom is 0.233 e. The lowest BCUT2D eigenvalue weighted by Gasteiger charge is -2.36. The minimum atomic E-state index is 0.139. The van der Waals surface area contributed by atoms with Crippen LogP contribution in [0.15, 0.2) is 78.2 Å². The van der Waals surface area contributed by atoms with E-state index in [2.05, 4.69) is 32.1 Å². The van der Waals surface area contributed by atoms with Crippen molar-refractivity contribution in [2.24, 2.45) is 0 Å². The Morgan fingerprint density at radius 3 is 2.26 bits per heavy atom. The van der Waals surface area contributed by atoms with E-state index in [1.54, 1.807) is 10.9 Å². The van der Waals surface area contributed by atoms with Crippen LogP contribution < -0.4 is 4.90 Å². The molecule has 0 saturated carbocycles. The summed E-state index contributed by atoms with van der Waals surface area (Å²) in [6.45, 7) is 3.17. The molecule has 0 unspecified atom stereocenters. The fourth-order valence-corrected chi connectivity index (χ4v) is 4.63. The van der Waals surface area contributed by atoms with Gasteiger partial charge < -0.3 is 9.80 Å². The predicted molar refractivity (Wildman–Crippen MR) is 123 cm³/mol. The Morgan fingerprint density at radius 2 is 1.55 bits per heavy atom. The predicted octanol–water partition coefficient (Wildman–Crippen LogP) is 3.26. The zero-order valence-corrected chi connectivity index (χ0v) is 17.8. The molecule has 1 amide bonds. The smallest absolute Gasteiger partial charge is 0.233 e. The van der Waals surface area contributed by atoms with Crippen molar-refractivity contribution in [2.45, 2.75) is 5.03 Å². The molecule has 31 heavy (non-hydrogen) atoms. The second kappa shape index (κ2) is 8.77. The zero-order chi connectivity index (χ0) is 21.0. The van der Waals surface area contributed by atoms with Gasteiger partial charge in [-0.15, -0.1) is 0 Å². The number of carbonyl (C=O) groups excluding carboxylic acids is 1. The number of aromatic nitrogens is 4. The van der Waals surface area contributed by atoms with Crippen molar-refractivity contribution in [2.75, 3.05) is 36.8 Å². The molecule has 1 saturated heterocycles. The molecule has 0 spiro atoms. The number of nitrogens with zero attached hydrogens (tertiary/aromatic N) is 6. The summed E-state index contributed by atoms with van der Waals surface area (Å²) < 4.78 is 1.80. The van der Waals surface area contributed by atoms with E-state index in [0.717, 1.165) is 47.9 Å². The van der Waals surface area contributed by atoms with Crippen LogP contribution in [-0.4, -0.2) is 62.5 Å². The van der Waals surface area contributed by atoms with Crippen molar-refractivity contribution in [1.82, 2.24) is 24.6 Å². The fraction of sp³-hybridized carbons (Fsp3) is 0.217. The Balaban J connectivity index is 1.23. The number of piperazine rings is 1. The number of amides is 1. The van der Waals surface area contributed by atoms with Crippen LogP contribution >= 0.6 is 11.8 Å². The number of hydrogen-bond acceptors (Lipinski definition) is 6. The van der Waals surface area contributed by atoms with E-state index in [1.165, 1.54) is 23.8 Å². The molecular weight excluding hydrogens is 408 g/mol. The van der Waals surface area contributed by atoms with Gasteiger partial charge in [-0.3, -0.25) is 4.79 Å². The normalized spacial score (nSPS) is 14.2. The van der Waals surface area contributed by atoms with E-state index in [1.807, 2.05) is 53.4 Å². The molecule has 1 aliphatic rings. The molecule has 1 fully saturated rings. The first-order chi connectivity index (χ1) is 15.3. The molecule has 1 aliphatic heterocycles. The van der Waals surface area contributed by atoms with Gasteiger partial charge >= 0.3 is 0 Å². The lowest BCUT2D eigenvalue weighted by atomic mass is 10.2. The first kappa shape index (κ1) is 19.6. The number of para-hydroxylation sites is 2. The molecule has 0 aliphatic carbocycles. The van der Waals surface area contributed by atoms with Crippen LogP contribution in [0.1, 0.15) is 0 Å². The van der Waals surface area contributed by atoms with Gasteiger partial charge in [0.05, 0.1) is 23.0 Å². The van der Waals surface area contributed by atoms with E-state index in [-0.39, 0.29) is 5.91 Å². The maximum atomic E-state index is 12.8. The standard InChI is InChI=1S/C23H22N6OS/c30-21(28-13-11-27(12-14-28)18-7-3-1-4-8-18)16-31-23-20-15-26-29(22(20)24-17-25-23)19-9-5-2-6-10-19/h1-10,15,17H,11-14,16H2. The number of hydrogen-bond donors (Lipinski definition) is 0. The van der Waals surface area contributed by atoms with Gasteiger partial charge in [-0.1, -0.05) is 48.2 Å². The number of thioether (sulfide) groups is 1. The SMILES string of the molecule is O=C(CSc1ncnc2c1cnn2-c1ccccc1)N1CCN(c2ccccc2)CC1. The van der Waals surface area contributed by atoms with Crippen molar-refractivity contribution in [1.29, 1.82) is 0 Å². The van der Waals surface area contributed by atoms with Gasteiger partial charge in [-0.05, 0) is 24.3 Å². The maximum absolute atomic E-state index is 12.8. The lowest BCUT2D eigenvalue weighted by Crippen LogP contribution is -2.49. The Morgan fingerprint density at radius 1 is 0.871 bits per heavy atom. The molecule has 2 aromatic heterocycles. The van der Waals surface area contributed by atoms with E-state index in [0.29, 0.717) is 5.75 Å². The topological polar surface area (TPSA) is 67.2 Å². The summed E-state index contributed by atoms with van der Waals surface area (Å²) in [5.41, 5.74) is 2.90. The van der Waals surface area contributed by atoms with Crippen molar-refractivity contribution in [3.05, 3.63) is 73.2 Å². The second-order valence-corrected chi connectivity index (χ2v) is 8.26. The average Bonchev–Trinajstić information content (AvgIpc) is 3.29. The van der Waals surface area contributed by atoms with Crippen LogP contribution in [0.25, 0.3) is 16.7 Å². The molecule has 156 valence electrons. The molecule has 0 N–H and O–H groups in total. The lowest BCUT2D eigenvalue weighted by molar-refractivity contribution is -0.128. The highest BCUT2D eigenvalue weighted by Crippen LogP contribution is 2.26. The molecule has 5 rings (SSSR count). The van der Waals surface area contributed by atoms with Gasteiger partial charge in [-0.2, -0.15) is 5.10 Å². The van der Waals surface area contributed by atoms with Crippen LogP contribution in [0.3, 0.4) is 0 Å². The van der Waals surface area contributed by atoms with Gasteiger partial charge in [0.2, 0.25) is 5.91 Å². The van der Waals surface area contributed by atoms with Crippen LogP contribution in [0, 0.1) is 0 Å². The van der Waals surface area contributed by atoms with Crippen LogP contribution in [0.2, 0.25) is 0 Å². The minimum Gasteiger partial charge on any atom is -0.368 e. The Bertz CT molecular complexity index is 1170. The van der Waals surface area contributed by atoms with E-state index >= 15 is 0 Å². The minimum absolute atomic E-state index is 0.139. The molecule has 2 aromatic carbocycles. The van der Waals surface area contributed by atoms with Crippen molar-refractivity contribution >= 4 is 34.4 Å². The highest BCUT2D eigenvalue weighted by molar-refractivity contribution is 8.00. The van der Waals surface area contributed by atoms with E-state index < -0.39 is 0 Å². The number of carbonyl (C=O) groups is 1. The monoisotopic (exact) mass is 430 g/mol. The number of anilines is 1. The summed E-state index contributed by atoms with van der Waals surface area (Å²) in [6, 6.07) is 20.2. The van der Waals surface area contributed by atoms with E-state index in [4.69, 9.17) is 0 Å². The number of rotatable bonds is 5. The third-order valence-corrected chi connectivity index (χ3v) is 6.41. The van der Waals surface area contributed by atoms with Crippen molar-refractivity contribution < 1.29 is 4.79 Å². The van der Waals surface area contributed by atoms with Gasteiger partial charge in [0.1, 0.15) is 11.4 Å². The third-order valence-electron chi connectivity index (χ3n) is 5.42. The molecular formula is C23H22N6OS. The largest absolute Gasteiger partial charge is 0.368 e. The molecule has 0 bridgehead atoms. The summed E-state index contributed by atoms with van der Waals surface area (Å²) >= 11 is 1.45. The Hall–Kier alpha value is -3.39. The first-order valence-electron chi connectivity index (χ1n) is 10.2. The van der Waals surface area contributed by atoms with Crippen LogP contribution in [-0.2, 0) is 4.79 Å². The molecule has 8 heteroatoms. The average molecular weight is 431 g/mol. The Labute approximate surface area is 184 Å². The third kappa shape index (κ3) is 4.11. The first-order valence-corrected chi connectivity index (χ1v) is 11.2. The van der Waals surface area contributed by atoms with Gasteiger partial charge in [-0.25, -0.2) is 14.6 Å². The highest BCUT2D eigenvalue weighted by Gasteiger charge is 2.22. The molecule has 0 radical (unpaired) electrons. The summed E-state index contributed by atoms with van der Waals surface area (Å²) in [7, 11) is 0.